The zero-order valence-corrected chi connectivity index (χ0v) is 12.6. The van der Waals surface area contributed by atoms with Crippen LogP contribution in [0.15, 0.2) is 28.7 Å². The molecule has 98 valence electrons. The average molecular weight is 331 g/mol. The number of alkyl halides is 1. The van der Waals surface area contributed by atoms with Crippen molar-refractivity contribution in [2.24, 2.45) is 5.92 Å². The maximum atomic E-state index is 12.4. The number of hydrogen-bond donors (Lipinski definition) is 0. The highest BCUT2D eigenvalue weighted by atomic mass is 79.9. The minimum Gasteiger partial charge on any atom is -0.338 e. The molecule has 2 rings (SSSR count). The number of likely N-dealkylation sites (tertiary alicyclic amines) is 1. The van der Waals surface area contributed by atoms with Crippen molar-refractivity contribution in [1.29, 1.82) is 0 Å². The predicted molar refractivity (Wildman–Crippen MR) is 78.1 cm³/mol. The number of halogens is 2. The van der Waals surface area contributed by atoms with Gasteiger partial charge in [-0.1, -0.05) is 22.0 Å². The molecule has 18 heavy (non-hydrogen) atoms. The van der Waals surface area contributed by atoms with E-state index in [-0.39, 0.29) is 5.91 Å². The van der Waals surface area contributed by atoms with Crippen molar-refractivity contribution in [3.63, 3.8) is 0 Å². The fourth-order valence-electron chi connectivity index (χ4n) is 2.44. The fourth-order valence-corrected chi connectivity index (χ4v) is 3.15. The van der Waals surface area contributed by atoms with Gasteiger partial charge in [-0.2, -0.15) is 0 Å². The highest BCUT2D eigenvalue weighted by Gasteiger charge is 2.24. The summed E-state index contributed by atoms with van der Waals surface area (Å²) in [7, 11) is 0. The molecule has 1 aliphatic rings. The molecule has 1 unspecified atom stereocenters. The summed E-state index contributed by atoms with van der Waals surface area (Å²) in [6.07, 6.45) is 3.28. The lowest BCUT2D eigenvalue weighted by Crippen LogP contribution is -2.40. The van der Waals surface area contributed by atoms with E-state index < -0.39 is 0 Å². The molecule has 0 bridgehead atoms. The number of carbonyl (C=O) groups excluding carboxylic acids is 1. The van der Waals surface area contributed by atoms with Crippen molar-refractivity contribution in [2.45, 2.75) is 19.3 Å². The quantitative estimate of drug-likeness (QED) is 0.769. The van der Waals surface area contributed by atoms with Gasteiger partial charge in [-0.05, 0) is 43.4 Å². The molecule has 2 nitrogen and oxygen atoms in total. The molecule has 4 heteroatoms. The Labute approximate surface area is 121 Å². The van der Waals surface area contributed by atoms with Crippen molar-refractivity contribution in [1.82, 2.24) is 4.90 Å². The van der Waals surface area contributed by atoms with Crippen LogP contribution in [0.2, 0.25) is 0 Å². The monoisotopic (exact) mass is 329 g/mol. The number of benzene rings is 1. The molecule has 0 aromatic heterocycles. The van der Waals surface area contributed by atoms with Crippen molar-refractivity contribution in [2.75, 3.05) is 19.0 Å². The lowest BCUT2D eigenvalue weighted by atomic mass is 9.95. The summed E-state index contributed by atoms with van der Waals surface area (Å²) in [6.45, 7) is 1.71. The van der Waals surface area contributed by atoms with Crippen LogP contribution in [-0.2, 0) is 0 Å². The second-order valence-corrected chi connectivity index (χ2v) is 6.04. The first-order chi connectivity index (χ1) is 8.70. The molecule has 1 aliphatic heterocycles. The second kappa shape index (κ2) is 6.58. The SMILES string of the molecule is O=C(c1cccc(Br)c1)N1CCCC(CCCl)C1. The van der Waals surface area contributed by atoms with E-state index in [1.807, 2.05) is 29.2 Å². The summed E-state index contributed by atoms with van der Waals surface area (Å²) in [5.41, 5.74) is 0.760. The zero-order valence-electron chi connectivity index (χ0n) is 10.2. The largest absolute Gasteiger partial charge is 0.338 e. The standard InChI is InChI=1S/C14H17BrClNO/c15-13-5-1-4-12(9-13)14(18)17-8-2-3-11(10-17)6-7-16/h1,4-5,9,11H,2-3,6-8,10H2. The van der Waals surface area contributed by atoms with Crippen molar-refractivity contribution < 1.29 is 4.79 Å². The molecule has 1 amide bonds. The fraction of sp³-hybridized carbons (Fsp3) is 0.500. The van der Waals surface area contributed by atoms with Gasteiger partial charge in [0.25, 0.3) is 5.91 Å². The summed E-state index contributed by atoms with van der Waals surface area (Å²) in [5, 5.41) is 0. The molecule has 1 fully saturated rings. The van der Waals surface area contributed by atoms with Crippen LogP contribution in [0.4, 0.5) is 0 Å². The van der Waals surface area contributed by atoms with E-state index in [1.165, 1.54) is 6.42 Å². The number of hydrogen-bond acceptors (Lipinski definition) is 1. The van der Waals surface area contributed by atoms with Gasteiger partial charge in [-0.15, -0.1) is 11.6 Å². The molecular weight excluding hydrogens is 314 g/mol. The van der Waals surface area contributed by atoms with Gasteiger partial charge in [0.1, 0.15) is 0 Å². The number of piperidine rings is 1. The van der Waals surface area contributed by atoms with Crippen LogP contribution in [0, 0.1) is 5.92 Å². The summed E-state index contributed by atoms with van der Waals surface area (Å²) in [6, 6.07) is 7.59. The van der Waals surface area contributed by atoms with Gasteiger partial charge in [-0.25, -0.2) is 0 Å². The number of rotatable bonds is 3. The van der Waals surface area contributed by atoms with Gasteiger partial charge < -0.3 is 4.90 Å². The Bertz CT molecular complexity index is 422. The molecule has 1 saturated heterocycles. The van der Waals surface area contributed by atoms with E-state index >= 15 is 0 Å². The van der Waals surface area contributed by atoms with Gasteiger partial charge in [-0.3, -0.25) is 4.79 Å². The lowest BCUT2D eigenvalue weighted by Gasteiger charge is -2.32. The Morgan fingerprint density at radius 1 is 1.50 bits per heavy atom. The van der Waals surface area contributed by atoms with Crippen LogP contribution >= 0.6 is 27.5 Å². The van der Waals surface area contributed by atoms with Crippen LogP contribution in [0.3, 0.4) is 0 Å². The third-order valence-corrected chi connectivity index (χ3v) is 4.11. The Morgan fingerprint density at radius 3 is 3.06 bits per heavy atom. The Balaban J connectivity index is 2.04. The normalized spacial score (nSPS) is 19.9. The Morgan fingerprint density at radius 2 is 2.33 bits per heavy atom. The first-order valence-corrected chi connectivity index (χ1v) is 7.64. The van der Waals surface area contributed by atoms with E-state index in [2.05, 4.69) is 15.9 Å². The average Bonchev–Trinajstić information content (AvgIpc) is 2.39. The summed E-state index contributed by atoms with van der Waals surface area (Å²) >= 11 is 9.19. The third-order valence-electron chi connectivity index (χ3n) is 3.40. The highest BCUT2D eigenvalue weighted by molar-refractivity contribution is 9.10. The third kappa shape index (κ3) is 3.48. The molecule has 0 aliphatic carbocycles. The minimum absolute atomic E-state index is 0.135. The molecule has 1 aromatic rings. The van der Waals surface area contributed by atoms with E-state index in [0.29, 0.717) is 11.8 Å². The minimum atomic E-state index is 0.135. The maximum Gasteiger partial charge on any atom is 0.253 e. The first kappa shape index (κ1) is 13.9. The van der Waals surface area contributed by atoms with Crippen molar-refractivity contribution in [3.05, 3.63) is 34.3 Å². The first-order valence-electron chi connectivity index (χ1n) is 6.31. The number of nitrogens with zero attached hydrogens (tertiary/aromatic N) is 1. The lowest BCUT2D eigenvalue weighted by molar-refractivity contribution is 0.0671. The van der Waals surface area contributed by atoms with Gasteiger partial charge in [0.2, 0.25) is 0 Å². The van der Waals surface area contributed by atoms with E-state index in [1.54, 1.807) is 0 Å². The summed E-state index contributed by atoms with van der Waals surface area (Å²) in [5.74, 6) is 1.38. The van der Waals surface area contributed by atoms with Crippen LogP contribution in [0.5, 0.6) is 0 Å². The van der Waals surface area contributed by atoms with E-state index in [9.17, 15) is 4.79 Å². The van der Waals surface area contributed by atoms with Gasteiger partial charge in [0.15, 0.2) is 0 Å². The molecule has 0 radical (unpaired) electrons. The number of carbonyl (C=O) groups is 1. The Hall–Kier alpha value is -0.540. The second-order valence-electron chi connectivity index (χ2n) is 4.75. The highest BCUT2D eigenvalue weighted by Crippen LogP contribution is 2.22. The van der Waals surface area contributed by atoms with Crippen LogP contribution in [-0.4, -0.2) is 29.8 Å². The molecule has 1 aromatic carbocycles. The zero-order chi connectivity index (χ0) is 13.0. The summed E-state index contributed by atoms with van der Waals surface area (Å²) in [4.78, 5) is 14.3. The van der Waals surface area contributed by atoms with Crippen molar-refractivity contribution in [3.8, 4) is 0 Å². The van der Waals surface area contributed by atoms with Crippen LogP contribution in [0.25, 0.3) is 0 Å². The predicted octanol–water partition coefficient (Wildman–Crippen LogP) is 3.93. The molecule has 0 saturated carbocycles. The number of amides is 1. The maximum absolute atomic E-state index is 12.4. The van der Waals surface area contributed by atoms with Gasteiger partial charge in [0.05, 0.1) is 0 Å². The smallest absolute Gasteiger partial charge is 0.253 e. The van der Waals surface area contributed by atoms with Crippen molar-refractivity contribution >= 4 is 33.4 Å². The molecule has 0 N–H and O–H groups in total. The topological polar surface area (TPSA) is 20.3 Å². The summed E-state index contributed by atoms with van der Waals surface area (Å²) < 4.78 is 0.947. The van der Waals surface area contributed by atoms with Gasteiger partial charge >= 0.3 is 0 Å². The van der Waals surface area contributed by atoms with E-state index in [0.717, 1.165) is 36.0 Å². The molecule has 0 spiro atoms. The Kier molecular flexibility index (Phi) is 5.07. The van der Waals surface area contributed by atoms with E-state index in [4.69, 9.17) is 11.6 Å². The molecule has 1 heterocycles. The van der Waals surface area contributed by atoms with Crippen LogP contribution in [0.1, 0.15) is 29.6 Å². The molecular formula is C14H17BrClNO. The van der Waals surface area contributed by atoms with Gasteiger partial charge in [0, 0.05) is 29.0 Å². The molecule has 1 atom stereocenters. The van der Waals surface area contributed by atoms with Crippen LogP contribution < -0.4 is 0 Å².